The maximum atomic E-state index is 12.0. The molecular formula is C14H21ClN2O2. The molecule has 0 radical (unpaired) electrons. The summed E-state index contributed by atoms with van der Waals surface area (Å²) >= 11 is 0. The second-order valence-corrected chi connectivity index (χ2v) is 4.59. The van der Waals surface area contributed by atoms with Crippen molar-refractivity contribution in [3.63, 3.8) is 0 Å². The third kappa shape index (κ3) is 5.09. The topological polar surface area (TPSA) is 41.6 Å². The number of rotatable bonds is 3. The fourth-order valence-electron chi connectivity index (χ4n) is 2.04. The molecular weight excluding hydrogens is 264 g/mol. The van der Waals surface area contributed by atoms with Crippen LogP contribution in [0.3, 0.4) is 0 Å². The predicted molar refractivity (Wildman–Crippen MR) is 78.0 cm³/mol. The third-order valence-corrected chi connectivity index (χ3v) is 3.04. The minimum Gasteiger partial charge on any atom is -0.484 e. The first-order chi connectivity index (χ1) is 8.75. The summed E-state index contributed by atoms with van der Waals surface area (Å²) in [7, 11) is 0. The maximum Gasteiger partial charge on any atom is 0.260 e. The molecule has 1 aromatic carbocycles. The van der Waals surface area contributed by atoms with Gasteiger partial charge in [-0.1, -0.05) is 12.1 Å². The van der Waals surface area contributed by atoms with Crippen LogP contribution in [0.4, 0.5) is 0 Å². The normalized spacial score (nSPS) is 15.3. The van der Waals surface area contributed by atoms with Gasteiger partial charge in [-0.3, -0.25) is 4.79 Å². The first kappa shape index (κ1) is 15.8. The van der Waals surface area contributed by atoms with Gasteiger partial charge in [0.2, 0.25) is 0 Å². The Bertz CT molecular complexity index is 404. The van der Waals surface area contributed by atoms with E-state index in [1.54, 1.807) is 0 Å². The standard InChI is InChI=1S/C14H20N2O2.ClH/c1-12-4-2-5-13(10-12)18-11-14(17)16-8-3-6-15-7-9-16;/h2,4-5,10,15H,3,6-9,11H2,1H3;1H. The van der Waals surface area contributed by atoms with Crippen molar-refractivity contribution in [2.45, 2.75) is 13.3 Å². The summed E-state index contributed by atoms with van der Waals surface area (Å²) in [5, 5.41) is 3.28. The van der Waals surface area contributed by atoms with E-state index in [-0.39, 0.29) is 24.9 Å². The maximum absolute atomic E-state index is 12.0. The fourth-order valence-corrected chi connectivity index (χ4v) is 2.04. The zero-order valence-corrected chi connectivity index (χ0v) is 12.0. The highest BCUT2D eigenvalue weighted by Crippen LogP contribution is 2.12. The first-order valence-electron chi connectivity index (χ1n) is 6.44. The van der Waals surface area contributed by atoms with E-state index in [1.165, 1.54) is 0 Å². The molecule has 4 nitrogen and oxygen atoms in total. The number of nitrogens with one attached hydrogen (secondary N) is 1. The third-order valence-electron chi connectivity index (χ3n) is 3.04. The number of nitrogens with zero attached hydrogens (tertiary/aromatic N) is 1. The summed E-state index contributed by atoms with van der Waals surface area (Å²) in [6.45, 7) is 5.59. The molecule has 0 unspecified atom stereocenters. The molecule has 5 heteroatoms. The SMILES string of the molecule is Cc1cccc(OCC(=O)N2CCCNCC2)c1.Cl. The van der Waals surface area contributed by atoms with Gasteiger partial charge in [-0.25, -0.2) is 0 Å². The van der Waals surface area contributed by atoms with Crippen LogP contribution >= 0.6 is 12.4 Å². The smallest absolute Gasteiger partial charge is 0.260 e. The van der Waals surface area contributed by atoms with E-state index < -0.39 is 0 Å². The molecule has 1 amide bonds. The Labute approximate surface area is 120 Å². The van der Waals surface area contributed by atoms with Crippen molar-refractivity contribution in [1.29, 1.82) is 0 Å². The lowest BCUT2D eigenvalue weighted by Crippen LogP contribution is -2.37. The second kappa shape index (κ2) is 8.02. The fraction of sp³-hybridized carbons (Fsp3) is 0.500. The number of hydrogen-bond donors (Lipinski definition) is 1. The molecule has 1 heterocycles. The molecule has 1 aromatic rings. The summed E-state index contributed by atoms with van der Waals surface area (Å²) in [4.78, 5) is 13.9. The molecule has 2 rings (SSSR count). The first-order valence-corrected chi connectivity index (χ1v) is 6.44. The molecule has 0 saturated carbocycles. The number of halogens is 1. The van der Waals surface area contributed by atoms with Crippen LogP contribution in [0.5, 0.6) is 5.75 Å². The minimum atomic E-state index is 0. The van der Waals surface area contributed by atoms with Crippen molar-refractivity contribution in [3.8, 4) is 5.75 Å². The van der Waals surface area contributed by atoms with Crippen LogP contribution in [0.1, 0.15) is 12.0 Å². The van der Waals surface area contributed by atoms with Crippen molar-refractivity contribution in [1.82, 2.24) is 10.2 Å². The van der Waals surface area contributed by atoms with Crippen molar-refractivity contribution < 1.29 is 9.53 Å². The van der Waals surface area contributed by atoms with E-state index in [1.807, 2.05) is 36.1 Å². The van der Waals surface area contributed by atoms with Gasteiger partial charge < -0.3 is 15.0 Å². The summed E-state index contributed by atoms with van der Waals surface area (Å²) in [5.41, 5.74) is 1.14. The Morgan fingerprint density at radius 2 is 2.21 bits per heavy atom. The number of carbonyl (C=O) groups is 1. The average Bonchev–Trinajstić information content (AvgIpc) is 2.65. The monoisotopic (exact) mass is 284 g/mol. The minimum absolute atomic E-state index is 0. The van der Waals surface area contributed by atoms with Gasteiger partial charge in [0.15, 0.2) is 6.61 Å². The summed E-state index contributed by atoms with van der Waals surface area (Å²) in [5.74, 6) is 0.830. The molecule has 1 aliphatic rings. The summed E-state index contributed by atoms with van der Waals surface area (Å²) in [6, 6.07) is 7.77. The second-order valence-electron chi connectivity index (χ2n) is 4.59. The van der Waals surface area contributed by atoms with Crippen LogP contribution in [0, 0.1) is 6.92 Å². The number of aryl methyl sites for hydroxylation is 1. The van der Waals surface area contributed by atoms with Gasteiger partial charge in [0, 0.05) is 19.6 Å². The van der Waals surface area contributed by atoms with Crippen molar-refractivity contribution in [2.24, 2.45) is 0 Å². The van der Waals surface area contributed by atoms with Gasteiger partial charge in [-0.2, -0.15) is 0 Å². The number of carbonyl (C=O) groups excluding carboxylic acids is 1. The quantitative estimate of drug-likeness (QED) is 0.917. The molecule has 106 valence electrons. The van der Waals surface area contributed by atoms with E-state index in [4.69, 9.17) is 4.74 Å². The van der Waals surface area contributed by atoms with Crippen molar-refractivity contribution >= 4 is 18.3 Å². The zero-order chi connectivity index (χ0) is 12.8. The van der Waals surface area contributed by atoms with Crippen LogP contribution in [0.25, 0.3) is 0 Å². The molecule has 19 heavy (non-hydrogen) atoms. The van der Waals surface area contributed by atoms with Crippen LogP contribution < -0.4 is 10.1 Å². The van der Waals surface area contributed by atoms with E-state index in [0.717, 1.165) is 43.9 Å². The molecule has 0 spiro atoms. The lowest BCUT2D eigenvalue weighted by molar-refractivity contribution is -0.133. The number of benzene rings is 1. The predicted octanol–water partition coefficient (Wildman–Crippen LogP) is 1.62. The zero-order valence-electron chi connectivity index (χ0n) is 11.2. The summed E-state index contributed by atoms with van der Waals surface area (Å²) < 4.78 is 5.53. The van der Waals surface area contributed by atoms with Gasteiger partial charge in [-0.05, 0) is 37.6 Å². The van der Waals surface area contributed by atoms with Crippen LogP contribution in [0.15, 0.2) is 24.3 Å². The lowest BCUT2D eigenvalue weighted by atomic mass is 10.2. The number of hydrogen-bond acceptors (Lipinski definition) is 3. The van der Waals surface area contributed by atoms with E-state index in [0.29, 0.717) is 0 Å². The average molecular weight is 285 g/mol. The van der Waals surface area contributed by atoms with Gasteiger partial charge in [0.25, 0.3) is 5.91 Å². The Balaban J connectivity index is 0.00000180. The molecule has 0 aliphatic carbocycles. The summed E-state index contributed by atoms with van der Waals surface area (Å²) in [6.07, 6.45) is 1.01. The van der Waals surface area contributed by atoms with Crippen LogP contribution in [-0.4, -0.2) is 43.6 Å². The van der Waals surface area contributed by atoms with Gasteiger partial charge in [-0.15, -0.1) is 12.4 Å². The van der Waals surface area contributed by atoms with E-state index >= 15 is 0 Å². The molecule has 0 aromatic heterocycles. The number of amides is 1. The molecule has 0 atom stereocenters. The highest BCUT2D eigenvalue weighted by atomic mass is 35.5. The molecule has 1 fully saturated rings. The van der Waals surface area contributed by atoms with Crippen LogP contribution in [0.2, 0.25) is 0 Å². The van der Waals surface area contributed by atoms with Gasteiger partial charge in [0.05, 0.1) is 0 Å². The Kier molecular flexibility index (Phi) is 6.67. The van der Waals surface area contributed by atoms with Crippen molar-refractivity contribution in [2.75, 3.05) is 32.8 Å². The van der Waals surface area contributed by atoms with E-state index in [2.05, 4.69) is 5.32 Å². The van der Waals surface area contributed by atoms with Gasteiger partial charge in [0.1, 0.15) is 5.75 Å². The van der Waals surface area contributed by atoms with Gasteiger partial charge >= 0.3 is 0 Å². The Morgan fingerprint density at radius 3 is 3.00 bits per heavy atom. The Morgan fingerprint density at radius 1 is 1.37 bits per heavy atom. The molecule has 1 N–H and O–H groups in total. The molecule has 1 aliphatic heterocycles. The largest absolute Gasteiger partial charge is 0.484 e. The van der Waals surface area contributed by atoms with E-state index in [9.17, 15) is 4.79 Å². The highest BCUT2D eigenvalue weighted by Gasteiger charge is 2.15. The Hall–Kier alpha value is -1.26. The van der Waals surface area contributed by atoms with Crippen LogP contribution in [-0.2, 0) is 4.79 Å². The molecule has 1 saturated heterocycles. The number of ether oxygens (including phenoxy) is 1. The molecule has 0 bridgehead atoms. The lowest BCUT2D eigenvalue weighted by Gasteiger charge is -2.20. The van der Waals surface area contributed by atoms with Crippen molar-refractivity contribution in [3.05, 3.63) is 29.8 Å². The highest BCUT2D eigenvalue weighted by molar-refractivity contribution is 5.85.